The first-order valence-corrected chi connectivity index (χ1v) is 13.6. The maximum Gasteiger partial charge on any atom is 0.219 e. The molecule has 37 heavy (non-hydrogen) atoms. The zero-order valence-electron chi connectivity index (χ0n) is 20.6. The first kappa shape index (κ1) is 23.0. The van der Waals surface area contributed by atoms with E-state index in [1.807, 2.05) is 0 Å². The van der Waals surface area contributed by atoms with E-state index in [1.54, 1.807) is 23.7 Å². The highest BCUT2D eigenvalue weighted by Crippen LogP contribution is 2.44. The summed E-state index contributed by atoms with van der Waals surface area (Å²) >= 11 is 1.62. The van der Waals surface area contributed by atoms with Gasteiger partial charge in [0.05, 0.1) is 34.5 Å². The van der Waals surface area contributed by atoms with Gasteiger partial charge < -0.3 is 30.3 Å². The van der Waals surface area contributed by atoms with E-state index in [-0.39, 0.29) is 11.5 Å². The zero-order chi connectivity index (χ0) is 25.0. The number of nitrogens with two attached hydrogens (primary N) is 1. The van der Waals surface area contributed by atoms with Crippen LogP contribution in [0.15, 0.2) is 42.9 Å². The number of morpholine rings is 1. The van der Waals surface area contributed by atoms with Crippen LogP contribution in [0.3, 0.4) is 0 Å². The van der Waals surface area contributed by atoms with Crippen LogP contribution in [0.4, 0.5) is 11.8 Å². The smallest absolute Gasteiger partial charge is 0.219 e. The van der Waals surface area contributed by atoms with E-state index in [1.165, 1.54) is 0 Å². The molecule has 11 heteroatoms. The van der Waals surface area contributed by atoms with Crippen LogP contribution >= 0.6 is 11.3 Å². The summed E-state index contributed by atoms with van der Waals surface area (Å²) in [5.41, 5.74) is 6.54. The normalized spacial score (nSPS) is 25.0. The van der Waals surface area contributed by atoms with E-state index >= 15 is 0 Å². The van der Waals surface area contributed by atoms with Gasteiger partial charge in [0, 0.05) is 62.7 Å². The Morgan fingerprint density at radius 3 is 2.59 bits per heavy atom. The molecule has 0 aromatic carbocycles. The Balaban J connectivity index is 1.18. The Hall–Kier alpha value is -3.12. The van der Waals surface area contributed by atoms with Crippen LogP contribution < -0.4 is 10.6 Å². The lowest BCUT2D eigenvalue weighted by atomic mass is 9.89. The minimum atomic E-state index is -0.863. The Labute approximate surface area is 219 Å². The van der Waals surface area contributed by atoms with E-state index in [2.05, 4.69) is 55.2 Å². The molecular formula is C26H30N8O2S. The molecule has 7 heterocycles. The predicted molar refractivity (Wildman–Crippen MR) is 143 cm³/mol. The largest absolute Gasteiger partial charge is 0.384 e. The highest BCUT2D eigenvalue weighted by molar-refractivity contribution is 7.19. The van der Waals surface area contributed by atoms with Crippen molar-refractivity contribution in [2.24, 2.45) is 0 Å². The van der Waals surface area contributed by atoms with Crippen LogP contribution in [0.5, 0.6) is 0 Å². The van der Waals surface area contributed by atoms with Gasteiger partial charge in [0.2, 0.25) is 5.95 Å². The van der Waals surface area contributed by atoms with Crippen molar-refractivity contribution in [3.63, 3.8) is 0 Å². The number of nitrogen functional groups attached to an aromatic ring is 1. The summed E-state index contributed by atoms with van der Waals surface area (Å²) in [5, 5.41) is 11.8. The van der Waals surface area contributed by atoms with Gasteiger partial charge in [0.1, 0.15) is 5.60 Å². The lowest BCUT2D eigenvalue weighted by Crippen LogP contribution is -2.46. The Morgan fingerprint density at radius 1 is 1.05 bits per heavy atom. The van der Waals surface area contributed by atoms with E-state index in [0.29, 0.717) is 37.4 Å². The maximum atomic E-state index is 11.8. The maximum absolute atomic E-state index is 11.8. The van der Waals surface area contributed by atoms with Crippen molar-refractivity contribution in [2.45, 2.75) is 24.0 Å². The van der Waals surface area contributed by atoms with Crippen molar-refractivity contribution in [3.05, 3.63) is 47.8 Å². The molecule has 1 unspecified atom stereocenters. The molecule has 1 atom stereocenters. The van der Waals surface area contributed by atoms with E-state index in [9.17, 15) is 5.11 Å². The topological polar surface area (TPSA) is 117 Å². The number of allylic oxidation sites excluding steroid dienone is 2. The number of hydrogen-bond acceptors (Lipinski definition) is 11. The fourth-order valence-electron chi connectivity index (χ4n) is 5.62. The molecule has 3 saturated heterocycles. The fourth-order valence-corrected chi connectivity index (χ4v) is 6.88. The van der Waals surface area contributed by atoms with Crippen LogP contribution in [0.25, 0.3) is 21.6 Å². The molecule has 192 valence electrons. The molecule has 4 aliphatic heterocycles. The number of aliphatic hydroxyl groups is 1. The van der Waals surface area contributed by atoms with Gasteiger partial charge in [-0.05, 0) is 25.0 Å². The average molecular weight is 519 g/mol. The lowest BCUT2D eigenvalue weighted by Gasteiger charge is -2.38. The molecule has 0 saturated carbocycles. The van der Waals surface area contributed by atoms with Gasteiger partial charge >= 0.3 is 0 Å². The summed E-state index contributed by atoms with van der Waals surface area (Å²) in [6.07, 6.45) is 13.5. The van der Waals surface area contributed by atoms with Crippen LogP contribution in [0, 0.1) is 0 Å². The minimum Gasteiger partial charge on any atom is -0.384 e. The monoisotopic (exact) mass is 518 g/mol. The third-order valence-corrected chi connectivity index (χ3v) is 9.24. The van der Waals surface area contributed by atoms with Crippen molar-refractivity contribution < 1.29 is 9.84 Å². The number of aromatic nitrogens is 4. The number of ether oxygens (including phenoxy) is 1. The van der Waals surface area contributed by atoms with Gasteiger partial charge in [-0.2, -0.15) is 0 Å². The summed E-state index contributed by atoms with van der Waals surface area (Å²) in [7, 11) is 0. The molecule has 0 aliphatic carbocycles. The van der Waals surface area contributed by atoms with E-state index < -0.39 is 5.60 Å². The molecule has 0 bridgehead atoms. The quantitative estimate of drug-likeness (QED) is 0.486. The molecule has 0 amide bonds. The summed E-state index contributed by atoms with van der Waals surface area (Å²) in [6, 6.07) is 2.05. The Bertz CT molecular complexity index is 1380. The van der Waals surface area contributed by atoms with Crippen LogP contribution in [-0.4, -0.2) is 92.9 Å². The van der Waals surface area contributed by atoms with Crippen molar-refractivity contribution in [1.82, 2.24) is 29.7 Å². The highest BCUT2D eigenvalue weighted by atomic mass is 32.1. The predicted octanol–water partition coefficient (Wildman–Crippen LogP) is 1.99. The second kappa shape index (κ2) is 8.73. The molecular weight excluding hydrogens is 488 g/mol. The van der Waals surface area contributed by atoms with Crippen LogP contribution in [0.2, 0.25) is 0 Å². The number of hydrogen-bond donors (Lipinski definition) is 2. The molecule has 7 rings (SSSR count). The van der Waals surface area contributed by atoms with Gasteiger partial charge in [-0.25, -0.2) is 19.9 Å². The third kappa shape index (κ3) is 4.15. The second-order valence-corrected chi connectivity index (χ2v) is 11.4. The fraction of sp³-hybridized carbons (Fsp3) is 0.462. The average Bonchev–Trinajstić information content (AvgIpc) is 3.48. The Morgan fingerprint density at radius 2 is 1.84 bits per heavy atom. The van der Waals surface area contributed by atoms with Crippen molar-refractivity contribution in [3.8, 4) is 11.4 Å². The number of fused-ring (bicyclic) bond motifs is 2. The van der Waals surface area contributed by atoms with Gasteiger partial charge in [0.25, 0.3) is 0 Å². The number of nitrogens with zero attached hydrogens (tertiary/aromatic N) is 7. The molecule has 3 fully saturated rings. The number of thiophene rings is 1. The van der Waals surface area contributed by atoms with Gasteiger partial charge in [0.15, 0.2) is 11.6 Å². The Kier molecular flexibility index (Phi) is 5.43. The van der Waals surface area contributed by atoms with Crippen molar-refractivity contribution >= 4 is 33.3 Å². The summed E-state index contributed by atoms with van der Waals surface area (Å²) in [6.45, 7) is 6.68. The molecule has 3 aromatic rings. The first-order valence-electron chi connectivity index (χ1n) is 12.8. The van der Waals surface area contributed by atoms with Gasteiger partial charge in [-0.3, -0.25) is 0 Å². The lowest BCUT2D eigenvalue weighted by molar-refractivity contribution is -0.0244. The molecule has 4 aliphatic rings. The van der Waals surface area contributed by atoms with Gasteiger partial charge in [-0.15, -0.1) is 11.3 Å². The SMILES string of the molecule is Nc1ncc(-c2nc(N3CCOCC3)c3sc(C4(O)CCN(CC56C=CC=CN5C6)CC4)cc3n2)cn1. The molecule has 3 aromatic heterocycles. The number of rotatable bonds is 5. The molecule has 0 spiro atoms. The summed E-state index contributed by atoms with van der Waals surface area (Å²) < 4.78 is 6.58. The number of anilines is 2. The van der Waals surface area contributed by atoms with Gasteiger partial charge in [-0.1, -0.05) is 12.2 Å². The van der Waals surface area contributed by atoms with Crippen molar-refractivity contribution in [2.75, 3.05) is 63.1 Å². The molecule has 10 nitrogen and oxygen atoms in total. The minimum absolute atomic E-state index is 0.159. The molecule has 0 radical (unpaired) electrons. The third-order valence-electron chi connectivity index (χ3n) is 7.93. The summed E-state index contributed by atoms with van der Waals surface area (Å²) in [4.78, 5) is 26.1. The zero-order valence-corrected chi connectivity index (χ0v) is 21.4. The molecule has 3 N–H and O–H groups in total. The number of likely N-dealkylation sites (tertiary alicyclic amines) is 1. The summed E-state index contributed by atoms with van der Waals surface area (Å²) in [5.74, 6) is 1.65. The standard InChI is InChI=1S/C26H30N8O2S/c27-24-28-14-18(15-29-24)22-30-19-13-20(37-21(19)23(31-22)33-9-11-36-12-10-33)26(35)4-7-32(8-5-26)16-25-3-1-2-6-34(25)17-25/h1-3,6,13-15,35H,4-5,7-12,16-17H2,(H2,27,28,29). The van der Waals surface area contributed by atoms with E-state index in [0.717, 1.165) is 60.2 Å². The van der Waals surface area contributed by atoms with Crippen LogP contribution in [0.1, 0.15) is 17.7 Å². The van der Waals surface area contributed by atoms with E-state index in [4.69, 9.17) is 20.4 Å². The number of piperidine rings is 1. The highest BCUT2D eigenvalue weighted by Gasteiger charge is 2.50. The van der Waals surface area contributed by atoms with Crippen LogP contribution in [-0.2, 0) is 10.3 Å². The first-order chi connectivity index (χ1) is 18.0. The second-order valence-electron chi connectivity index (χ2n) is 10.4. The van der Waals surface area contributed by atoms with Crippen molar-refractivity contribution in [1.29, 1.82) is 0 Å².